The molecule has 3 heteroatoms. The van der Waals surface area contributed by atoms with Gasteiger partial charge in [0, 0.05) is 23.4 Å². The number of hydrogen-bond donors (Lipinski definition) is 1. The van der Waals surface area contributed by atoms with Crippen molar-refractivity contribution in [2.45, 2.75) is 19.8 Å². The van der Waals surface area contributed by atoms with Gasteiger partial charge in [0.05, 0.1) is 0 Å². The Balaban J connectivity index is 1.95. The monoisotopic (exact) mass is 269 g/mol. The summed E-state index contributed by atoms with van der Waals surface area (Å²) in [6.45, 7) is 2.66. The molecule has 0 aromatic heterocycles. The molecule has 3 rings (SSSR count). The first kappa shape index (κ1) is 12.9. The molecule has 0 atom stereocenters. The van der Waals surface area contributed by atoms with Gasteiger partial charge in [0.2, 0.25) is 0 Å². The maximum atomic E-state index is 13.6. The SMILES string of the molecule is Cc1ccc(C(=O)c2ccc3c(c2)CCCN3)cc1F. The zero-order chi connectivity index (χ0) is 14.1. The highest BCUT2D eigenvalue weighted by molar-refractivity contribution is 6.09. The molecular weight excluding hydrogens is 253 g/mol. The van der Waals surface area contributed by atoms with Crippen LogP contribution in [0.4, 0.5) is 10.1 Å². The van der Waals surface area contributed by atoms with E-state index in [1.165, 1.54) is 6.07 Å². The van der Waals surface area contributed by atoms with E-state index in [-0.39, 0.29) is 11.6 Å². The first-order chi connectivity index (χ1) is 9.65. The lowest BCUT2D eigenvalue weighted by Crippen LogP contribution is -2.13. The molecule has 0 spiro atoms. The number of carbonyl (C=O) groups excluding carboxylic acids is 1. The molecule has 0 saturated heterocycles. The van der Waals surface area contributed by atoms with E-state index in [0.29, 0.717) is 16.7 Å². The highest BCUT2D eigenvalue weighted by atomic mass is 19.1. The smallest absolute Gasteiger partial charge is 0.193 e. The topological polar surface area (TPSA) is 29.1 Å². The second kappa shape index (κ2) is 5.08. The molecule has 2 aromatic rings. The van der Waals surface area contributed by atoms with E-state index in [2.05, 4.69) is 5.32 Å². The van der Waals surface area contributed by atoms with Crippen molar-refractivity contribution in [3.05, 3.63) is 64.5 Å². The van der Waals surface area contributed by atoms with E-state index in [4.69, 9.17) is 0 Å². The summed E-state index contributed by atoms with van der Waals surface area (Å²) >= 11 is 0. The van der Waals surface area contributed by atoms with Gasteiger partial charge >= 0.3 is 0 Å². The molecule has 2 nitrogen and oxygen atoms in total. The quantitative estimate of drug-likeness (QED) is 0.842. The number of nitrogens with one attached hydrogen (secondary N) is 1. The summed E-state index contributed by atoms with van der Waals surface area (Å²) < 4.78 is 13.6. The number of benzene rings is 2. The number of hydrogen-bond acceptors (Lipinski definition) is 2. The van der Waals surface area contributed by atoms with Gasteiger partial charge in [-0.05, 0) is 55.2 Å². The van der Waals surface area contributed by atoms with Gasteiger partial charge in [0.1, 0.15) is 5.82 Å². The van der Waals surface area contributed by atoms with Crippen LogP contribution in [0.2, 0.25) is 0 Å². The molecule has 0 aliphatic carbocycles. The standard InChI is InChI=1S/C17H16FNO/c1-11-4-5-14(10-15(11)18)17(20)13-6-7-16-12(9-13)3-2-8-19-16/h4-7,9-10,19H,2-3,8H2,1H3. The van der Waals surface area contributed by atoms with Crippen LogP contribution in [0, 0.1) is 12.7 Å². The largest absolute Gasteiger partial charge is 0.385 e. The lowest BCUT2D eigenvalue weighted by Gasteiger charge is -2.18. The Kier molecular flexibility index (Phi) is 3.26. The predicted molar refractivity (Wildman–Crippen MR) is 77.8 cm³/mol. The highest BCUT2D eigenvalue weighted by Crippen LogP contribution is 2.24. The van der Waals surface area contributed by atoms with Crippen LogP contribution in [0.15, 0.2) is 36.4 Å². The molecule has 0 bridgehead atoms. The van der Waals surface area contributed by atoms with E-state index in [1.54, 1.807) is 25.1 Å². The fourth-order valence-electron chi connectivity index (χ4n) is 2.52. The number of rotatable bonds is 2. The molecule has 0 radical (unpaired) electrons. The van der Waals surface area contributed by atoms with Crippen molar-refractivity contribution < 1.29 is 9.18 Å². The van der Waals surface area contributed by atoms with E-state index in [0.717, 1.165) is 30.6 Å². The fraction of sp³-hybridized carbons (Fsp3) is 0.235. The molecule has 0 saturated carbocycles. The number of halogens is 1. The van der Waals surface area contributed by atoms with Gasteiger partial charge in [-0.3, -0.25) is 4.79 Å². The first-order valence-corrected chi connectivity index (χ1v) is 6.83. The van der Waals surface area contributed by atoms with Gasteiger partial charge in [-0.2, -0.15) is 0 Å². The molecule has 102 valence electrons. The van der Waals surface area contributed by atoms with Gasteiger partial charge in [-0.25, -0.2) is 4.39 Å². The summed E-state index contributed by atoms with van der Waals surface area (Å²) in [6.07, 6.45) is 2.05. The fourth-order valence-corrected chi connectivity index (χ4v) is 2.52. The molecule has 20 heavy (non-hydrogen) atoms. The summed E-state index contributed by atoms with van der Waals surface area (Å²) in [5.74, 6) is -0.465. The summed E-state index contributed by atoms with van der Waals surface area (Å²) in [5, 5.41) is 3.31. The van der Waals surface area contributed by atoms with Crippen LogP contribution in [0.25, 0.3) is 0 Å². The minimum absolute atomic E-state index is 0.128. The van der Waals surface area contributed by atoms with Gasteiger partial charge in [0.15, 0.2) is 5.78 Å². The van der Waals surface area contributed by atoms with Crippen LogP contribution >= 0.6 is 0 Å². The van der Waals surface area contributed by atoms with Crippen LogP contribution in [-0.2, 0) is 6.42 Å². The van der Waals surface area contributed by atoms with Gasteiger partial charge in [-0.1, -0.05) is 12.1 Å². The zero-order valence-corrected chi connectivity index (χ0v) is 11.4. The minimum atomic E-state index is -0.338. The second-order valence-electron chi connectivity index (χ2n) is 5.20. The molecule has 2 aromatic carbocycles. The van der Waals surface area contributed by atoms with Crippen molar-refractivity contribution in [3.8, 4) is 0 Å². The summed E-state index contributed by atoms with van der Waals surface area (Å²) in [6, 6.07) is 10.3. The van der Waals surface area contributed by atoms with E-state index >= 15 is 0 Å². The summed E-state index contributed by atoms with van der Waals surface area (Å²) in [4.78, 5) is 12.4. The number of anilines is 1. The third-order valence-corrected chi connectivity index (χ3v) is 3.74. The summed E-state index contributed by atoms with van der Waals surface area (Å²) in [5.41, 5.74) is 3.83. The third kappa shape index (κ3) is 2.31. The van der Waals surface area contributed by atoms with E-state index in [1.807, 2.05) is 12.1 Å². The lowest BCUT2D eigenvalue weighted by atomic mass is 9.96. The van der Waals surface area contributed by atoms with Crippen molar-refractivity contribution >= 4 is 11.5 Å². The van der Waals surface area contributed by atoms with Crippen LogP contribution in [0.1, 0.15) is 33.5 Å². The van der Waals surface area contributed by atoms with E-state index in [9.17, 15) is 9.18 Å². The molecule has 1 N–H and O–H groups in total. The van der Waals surface area contributed by atoms with Gasteiger partial charge < -0.3 is 5.32 Å². The van der Waals surface area contributed by atoms with Crippen LogP contribution < -0.4 is 5.32 Å². The third-order valence-electron chi connectivity index (χ3n) is 3.74. The van der Waals surface area contributed by atoms with Crippen LogP contribution in [-0.4, -0.2) is 12.3 Å². The lowest BCUT2D eigenvalue weighted by molar-refractivity contribution is 0.103. The normalized spacial score (nSPS) is 13.5. The Labute approximate surface area is 117 Å². The van der Waals surface area contributed by atoms with Crippen molar-refractivity contribution in [2.75, 3.05) is 11.9 Å². The average Bonchev–Trinajstić information content (AvgIpc) is 2.49. The molecule has 0 amide bonds. The van der Waals surface area contributed by atoms with Crippen LogP contribution in [0.5, 0.6) is 0 Å². The van der Waals surface area contributed by atoms with Gasteiger partial charge in [0.25, 0.3) is 0 Å². The second-order valence-corrected chi connectivity index (χ2v) is 5.20. The van der Waals surface area contributed by atoms with Crippen molar-refractivity contribution in [3.63, 3.8) is 0 Å². The molecular formula is C17H16FNO. The Bertz CT molecular complexity index is 679. The van der Waals surface area contributed by atoms with Crippen molar-refractivity contribution in [1.82, 2.24) is 0 Å². The number of aryl methyl sites for hydroxylation is 2. The minimum Gasteiger partial charge on any atom is -0.385 e. The highest BCUT2D eigenvalue weighted by Gasteiger charge is 2.14. The number of fused-ring (bicyclic) bond motifs is 1. The Morgan fingerprint density at radius 1 is 1.15 bits per heavy atom. The first-order valence-electron chi connectivity index (χ1n) is 6.83. The number of carbonyl (C=O) groups is 1. The van der Waals surface area contributed by atoms with Crippen molar-refractivity contribution in [1.29, 1.82) is 0 Å². The van der Waals surface area contributed by atoms with E-state index < -0.39 is 0 Å². The average molecular weight is 269 g/mol. The predicted octanol–water partition coefficient (Wildman–Crippen LogP) is 3.72. The van der Waals surface area contributed by atoms with Gasteiger partial charge in [-0.15, -0.1) is 0 Å². The molecule has 1 heterocycles. The Morgan fingerprint density at radius 2 is 1.90 bits per heavy atom. The molecule has 0 fully saturated rings. The molecule has 1 aliphatic heterocycles. The maximum Gasteiger partial charge on any atom is 0.193 e. The van der Waals surface area contributed by atoms with Crippen molar-refractivity contribution in [2.24, 2.45) is 0 Å². The van der Waals surface area contributed by atoms with Crippen LogP contribution in [0.3, 0.4) is 0 Å². The molecule has 0 unspecified atom stereocenters. The zero-order valence-electron chi connectivity index (χ0n) is 11.4. The number of ketones is 1. The Hall–Kier alpha value is -2.16. The summed E-state index contributed by atoms with van der Waals surface area (Å²) in [7, 11) is 0. The molecule has 1 aliphatic rings. The Morgan fingerprint density at radius 3 is 2.70 bits per heavy atom. The maximum absolute atomic E-state index is 13.6.